The Hall–Kier alpha value is -1.55. The maximum absolute atomic E-state index is 13.3. The molecule has 1 aromatic rings. The summed E-state index contributed by atoms with van der Waals surface area (Å²) in [6, 6.07) is 6.72. The highest BCUT2D eigenvalue weighted by Gasteiger charge is 2.39. The second kappa shape index (κ2) is 7.77. The smallest absolute Gasteiger partial charge is 0.330 e. The van der Waals surface area contributed by atoms with Crippen molar-refractivity contribution >= 4 is 6.08 Å². The van der Waals surface area contributed by atoms with Gasteiger partial charge in [0.1, 0.15) is 0 Å². The zero-order valence-electron chi connectivity index (χ0n) is 15.3. The molecule has 0 heterocycles. The summed E-state index contributed by atoms with van der Waals surface area (Å²) in [5, 5.41) is 0. The van der Waals surface area contributed by atoms with Crippen molar-refractivity contribution in [3.63, 3.8) is 0 Å². The molecule has 2 N–H and O–H groups in total. The lowest BCUT2D eigenvalue weighted by Gasteiger charge is -2.32. The van der Waals surface area contributed by atoms with Crippen LogP contribution >= 0.6 is 0 Å². The van der Waals surface area contributed by atoms with Gasteiger partial charge in [-0.3, -0.25) is 0 Å². The van der Waals surface area contributed by atoms with Crippen molar-refractivity contribution in [1.29, 1.82) is 0 Å². The molecule has 0 spiro atoms. The third kappa shape index (κ3) is 4.97. The molecule has 0 bridgehead atoms. The predicted octanol–water partition coefficient (Wildman–Crippen LogP) is 6.22. The molecular weight excluding hydrogens is 323 g/mol. The van der Waals surface area contributed by atoms with Gasteiger partial charge in [-0.1, -0.05) is 55.8 Å². The lowest BCUT2D eigenvalue weighted by atomic mass is 9.72. The fourth-order valence-corrected chi connectivity index (χ4v) is 3.76. The maximum atomic E-state index is 13.3. The molecule has 25 heavy (non-hydrogen) atoms. The van der Waals surface area contributed by atoms with E-state index in [9.17, 15) is 13.2 Å². The van der Waals surface area contributed by atoms with E-state index in [1.54, 1.807) is 18.2 Å². The Bertz CT molecular complexity index is 653. The Balaban J connectivity index is 2.30. The monoisotopic (exact) mass is 351 g/mol. The largest absolute Gasteiger partial charge is 0.395 e. The van der Waals surface area contributed by atoms with Gasteiger partial charge in [-0.05, 0) is 61.3 Å². The summed E-state index contributed by atoms with van der Waals surface area (Å²) in [5.74, 6) is -1.50. The highest BCUT2D eigenvalue weighted by molar-refractivity contribution is 5.56. The van der Waals surface area contributed by atoms with E-state index in [0.717, 1.165) is 18.4 Å². The number of rotatable bonds is 5. The van der Waals surface area contributed by atoms with Gasteiger partial charge >= 0.3 is 6.18 Å². The number of nitrogens with two attached hydrogens (primary N) is 1. The minimum atomic E-state index is -4.27. The predicted molar refractivity (Wildman–Crippen MR) is 98.3 cm³/mol. The fourth-order valence-electron chi connectivity index (χ4n) is 3.76. The number of allylic oxidation sites excluding steroid dienone is 3. The van der Waals surface area contributed by atoms with E-state index in [-0.39, 0.29) is 23.9 Å². The van der Waals surface area contributed by atoms with Crippen molar-refractivity contribution in [3.05, 3.63) is 52.6 Å². The summed E-state index contributed by atoms with van der Waals surface area (Å²) in [5.41, 5.74) is 9.26. The normalized spacial score (nSPS) is 19.5. The second-order valence-electron chi connectivity index (χ2n) is 7.61. The maximum Gasteiger partial charge on any atom is 0.395 e. The van der Waals surface area contributed by atoms with E-state index < -0.39 is 12.1 Å². The van der Waals surface area contributed by atoms with Gasteiger partial charge in [0.15, 0.2) is 0 Å². The molecule has 1 aliphatic rings. The van der Waals surface area contributed by atoms with Crippen LogP contribution in [0.2, 0.25) is 0 Å². The van der Waals surface area contributed by atoms with Gasteiger partial charge in [0.05, 0.1) is 5.92 Å². The molecule has 1 atom stereocenters. The summed E-state index contributed by atoms with van der Waals surface area (Å²) in [7, 11) is 0. The molecule has 1 unspecified atom stereocenters. The number of alkyl halides is 3. The summed E-state index contributed by atoms with van der Waals surface area (Å²) >= 11 is 0. The van der Waals surface area contributed by atoms with Crippen LogP contribution in [0, 0.1) is 5.41 Å². The SMILES string of the molecule is CC1=C(/C=C/c2cccc(C(CCN)C(F)(F)F)c2)C(C)(C)CCC1. The molecule has 138 valence electrons. The van der Waals surface area contributed by atoms with Gasteiger partial charge in [0.2, 0.25) is 0 Å². The summed E-state index contributed by atoms with van der Waals surface area (Å²) < 4.78 is 39.8. The van der Waals surface area contributed by atoms with E-state index >= 15 is 0 Å². The standard InChI is InChI=1S/C21H28F3N/c1-15-6-5-12-20(2,3)18(15)10-9-16-7-4-8-17(14-16)19(11-13-25)21(22,23)24/h4,7-10,14,19H,5-6,11-13,25H2,1-3H3/b10-9+. The minimum Gasteiger partial charge on any atom is -0.330 e. The summed E-state index contributed by atoms with van der Waals surface area (Å²) in [4.78, 5) is 0. The van der Waals surface area contributed by atoms with Crippen molar-refractivity contribution in [2.24, 2.45) is 11.1 Å². The van der Waals surface area contributed by atoms with Crippen molar-refractivity contribution in [2.75, 3.05) is 6.54 Å². The average Bonchev–Trinajstić information content (AvgIpc) is 2.50. The number of halogens is 3. The van der Waals surface area contributed by atoms with Gasteiger partial charge in [0, 0.05) is 0 Å². The fraction of sp³-hybridized carbons (Fsp3) is 0.524. The molecule has 0 aromatic heterocycles. The summed E-state index contributed by atoms with van der Waals surface area (Å²) in [6.45, 7) is 6.63. The Morgan fingerprint density at radius 1 is 1.24 bits per heavy atom. The van der Waals surface area contributed by atoms with Crippen LogP contribution in [0.1, 0.15) is 63.5 Å². The van der Waals surface area contributed by atoms with Crippen LogP contribution in [0.3, 0.4) is 0 Å². The van der Waals surface area contributed by atoms with Crippen molar-refractivity contribution < 1.29 is 13.2 Å². The molecule has 4 heteroatoms. The van der Waals surface area contributed by atoms with Crippen LogP contribution in [0.5, 0.6) is 0 Å². The molecule has 1 aromatic carbocycles. The van der Waals surface area contributed by atoms with E-state index in [0.29, 0.717) is 0 Å². The van der Waals surface area contributed by atoms with Crippen LogP contribution in [0.4, 0.5) is 13.2 Å². The first kappa shape index (κ1) is 19.8. The topological polar surface area (TPSA) is 26.0 Å². The molecule has 2 rings (SSSR count). The number of hydrogen-bond acceptors (Lipinski definition) is 1. The zero-order chi connectivity index (χ0) is 18.7. The van der Waals surface area contributed by atoms with Crippen molar-refractivity contribution in [2.45, 2.75) is 58.5 Å². The van der Waals surface area contributed by atoms with Gasteiger partial charge < -0.3 is 5.73 Å². The molecule has 1 nitrogen and oxygen atoms in total. The first-order valence-corrected chi connectivity index (χ1v) is 8.90. The van der Waals surface area contributed by atoms with Gasteiger partial charge in [0.25, 0.3) is 0 Å². The van der Waals surface area contributed by atoms with Crippen LogP contribution in [0.15, 0.2) is 41.5 Å². The molecule has 0 aliphatic heterocycles. The Morgan fingerprint density at radius 3 is 2.56 bits per heavy atom. The summed E-state index contributed by atoms with van der Waals surface area (Å²) in [6.07, 6.45) is 3.08. The Kier molecular flexibility index (Phi) is 6.15. The zero-order valence-corrected chi connectivity index (χ0v) is 15.3. The molecule has 1 aliphatic carbocycles. The van der Waals surface area contributed by atoms with E-state index in [4.69, 9.17) is 5.73 Å². The highest BCUT2D eigenvalue weighted by Crippen LogP contribution is 2.41. The third-order valence-corrected chi connectivity index (χ3v) is 5.15. The van der Waals surface area contributed by atoms with E-state index in [1.807, 2.05) is 12.1 Å². The van der Waals surface area contributed by atoms with Gasteiger partial charge in [-0.2, -0.15) is 13.2 Å². The van der Waals surface area contributed by atoms with Crippen LogP contribution < -0.4 is 5.73 Å². The molecule has 0 radical (unpaired) electrons. The number of hydrogen-bond donors (Lipinski definition) is 1. The molecule has 0 saturated carbocycles. The van der Waals surface area contributed by atoms with E-state index in [1.165, 1.54) is 17.6 Å². The second-order valence-corrected chi connectivity index (χ2v) is 7.61. The lowest BCUT2D eigenvalue weighted by Crippen LogP contribution is -2.23. The quantitative estimate of drug-likeness (QED) is 0.669. The average molecular weight is 351 g/mol. The van der Waals surface area contributed by atoms with Crippen molar-refractivity contribution in [3.8, 4) is 0 Å². The molecule has 0 amide bonds. The Morgan fingerprint density at radius 2 is 1.96 bits per heavy atom. The van der Waals surface area contributed by atoms with Crippen LogP contribution in [-0.4, -0.2) is 12.7 Å². The lowest BCUT2D eigenvalue weighted by molar-refractivity contribution is -0.151. The number of benzene rings is 1. The van der Waals surface area contributed by atoms with Gasteiger partial charge in [-0.15, -0.1) is 0 Å². The molecule has 0 fully saturated rings. The first-order chi connectivity index (χ1) is 11.6. The van der Waals surface area contributed by atoms with Crippen molar-refractivity contribution in [1.82, 2.24) is 0 Å². The van der Waals surface area contributed by atoms with Crippen LogP contribution in [0.25, 0.3) is 6.08 Å². The highest BCUT2D eigenvalue weighted by atomic mass is 19.4. The van der Waals surface area contributed by atoms with Gasteiger partial charge in [-0.25, -0.2) is 0 Å². The minimum absolute atomic E-state index is 0.0184. The van der Waals surface area contributed by atoms with E-state index in [2.05, 4.69) is 26.8 Å². The first-order valence-electron chi connectivity index (χ1n) is 8.90. The molecule has 0 saturated heterocycles. The molecular formula is C21H28F3N. The Labute approximate surface area is 148 Å². The third-order valence-electron chi connectivity index (χ3n) is 5.15. The van der Waals surface area contributed by atoms with Crippen LogP contribution in [-0.2, 0) is 0 Å².